The number of methoxy groups -OCH3 is 1. The summed E-state index contributed by atoms with van der Waals surface area (Å²) < 4.78 is 5.36. The molecule has 4 heteroatoms. The van der Waals surface area contributed by atoms with E-state index in [2.05, 4.69) is 49.9 Å². The van der Waals surface area contributed by atoms with Crippen molar-refractivity contribution >= 4 is 17.3 Å². The largest absolute Gasteiger partial charge is 0.497 e. The van der Waals surface area contributed by atoms with E-state index in [1.807, 2.05) is 24.3 Å². The number of benzene rings is 2. The fourth-order valence-electron chi connectivity index (χ4n) is 5.68. The standard InChI is InChI=1S/C29H31NO3/c1-18-8-12-20(13-9-18)30-22-6-5-7-24(31)27(22)26(19-10-14-21(33-4)15-11-19)28-23(30)16-29(2,3)17-25(28)32/h8-15,26H,5-7,16-17H2,1-4H3. The summed E-state index contributed by atoms with van der Waals surface area (Å²) in [6.07, 6.45) is 3.52. The molecule has 0 saturated carbocycles. The SMILES string of the molecule is COc1ccc(C2C3=C(CCCC3=O)N(c3ccc(C)cc3)C3=C2C(=O)CC(C)(C)C3)cc1. The number of Topliss-reactive ketones (excluding diaryl/α,β-unsaturated/α-hetero) is 2. The van der Waals surface area contributed by atoms with Crippen molar-refractivity contribution in [3.63, 3.8) is 0 Å². The molecule has 3 aliphatic rings. The minimum Gasteiger partial charge on any atom is -0.497 e. The Morgan fingerprint density at radius 3 is 2.18 bits per heavy atom. The number of carbonyl (C=O) groups is 2. The van der Waals surface area contributed by atoms with Gasteiger partial charge in [0.05, 0.1) is 7.11 Å². The highest BCUT2D eigenvalue weighted by molar-refractivity contribution is 6.08. The van der Waals surface area contributed by atoms with Crippen LogP contribution in [-0.2, 0) is 9.59 Å². The summed E-state index contributed by atoms with van der Waals surface area (Å²) in [6.45, 7) is 6.41. The lowest BCUT2D eigenvalue weighted by atomic mass is 9.66. The fraction of sp³-hybridized carbons (Fsp3) is 0.379. The Morgan fingerprint density at radius 2 is 1.52 bits per heavy atom. The van der Waals surface area contributed by atoms with E-state index < -0.39 is 0 Å². The maximum absolute atomic E-state index is 13.7. The van der Waals surface area contributed by atoms with E-state index in [1.165, 1.54) is 5.56 Å². The second-order valence-electron chi connectivity index (χ2n) is 10.3. The highest BCUT2D eigenvalue weighted by Crippen LogP contribution is 2.53. The van der Waals surface area contributed by atoms with Gasteiger partial charge in [0.25, 0.3) is 0 Å². The Hall–Kier alpha value is -3.14. The molecule has 33 heavy (non-hydrogen) atoms. The lowest BCUT2D eigenvalue weighted by molar-refractivity contribution is -0.118. The first kappa shape index (κ1) is 21.7. The molecule has 0 spiro atoms. The molecule has 0 N–H and O–H groups in total. The molecule has 0 amide bonds. The molecule has 0 bridgehead atoms. The Labute approximate surface area is 195 Å². The van der Waals surface area contributed by atoms with Crippen LogP contribution < -0.4 is 9.64 Å². The van der Waals surface area contributed by atoms with Crippen LogP contribution in [0.2, 0.25) is 0 Å². The van der Waals surface area contributed by atoms with Gasteiger partial charge in [-0.05, 0) is 61.4 Å². The van der Waals surface area contributed by atoms with E-state index in [0.29, 0.717) is 12.8 Å². The van der Waals surface area contributed by atoms with Gasteiger partial charge in [0.1, 0.15) is 5.75 Å². The maximum atomic E-state index is 13.7. The third-order valence-corrected chi connectivity index (χ3v) is 7.18. The number of nitrogens with zero attached hydrogens (tertiary/aromatic N) is 1. The van der Waals surface area contributed by atoms with E-state index in [-0.39, 0.29) is 22.9 Å². The molecule has 0 saturated heterocycles. The molecule has 5 rings (SSSR count). The Kier molecular flexibility index (Phi) is 5.27. The summed E-state index contributed by atoms with van der Waals surface area (Å²) in [6, 6.07) is 16.3. The highest BCUT2D eigenvalue weighted by atomic mass is 16.5. The molecule has 1 atom stereocenters. The Bertz CT molecular complexity index is 1180. The Morgan fingerprint density at radius 1 is 0.848 bits per heavy atom. The van der Waals surface area contributed by atoms with Crippen LogP contribution in [0.25, 0.3) is 0 Å². The first-order valence-corrected chi connectivity index (χ1v) is 11.8. The number of carbonyl (C=O) groups excluding carboxylic acids is 2. The minimum atomic E-state index is -0.306. The van der Waals surface area contributed by atoms with Gasteiger partial charge in [-0.2, -0.15) is 0 Å². The Balaban J connectivity index is 1.78. The normalized spacial score (nSPS) is 22.3. The smallest absolute Gasteiger partial charge is 0.162 e. The first-order valence-electron chi connectivity index (χ1n) is 11.8. The van der Waals surface area contributed by atoms with Crippen LogP contribution in [0.3, 0.4) is 0 Å². The van der Waals surface area contributed by atoms with Gasteiger partial charge in [-0.1, -0.05) is 43.7 Å². The van der Waals surface area contributed by atoms with Gasteiger partial charge in [-0.3, -0.25) is 9.59 Å². The van der Waals surface area contributed by atoms with Gasteiger partial charge < -0.3 is 9.64 Å². The van der Waals surface area contributed by atoms with Crippen molar-refractivity contribution in [1.82, 2.24) is 0 Å². The van der Waals surface area contributed by atoms with Crippen molar-refractivity contribution in [3.8, 4) is 5.75 Å². The van der Waals surface area contributed by atoms with E-state index in [4.69, 9.17) is 4.74 Å². The van der Waals surface area contributed by atoms with Crippen LogP contribution in [0.5, 0.6) is 5.75 Å². The zero-order chi connectivity index (χ0) is 23.3. The summed E-state index contributed by atoms with van der Waals surface area (Å²) in [5.41, 5.74) is 6.83. The molecule has 1 heterocycles. The van der Waals surface area contributed by atoms with Crippen molar-refractivity contribution in [2.24, 2.45) is 5.41 Å². The van der Waals surface area contributed by atoms with Crippen LogP contribution in [0, 0.1) is 12.3 Å². The molecule has 4 nitrogen and oxygen atoms in total. The molecule has 0 radical (unpaired) electrons. The zero-order valence-electron chi connectivity index (χ0n) is 19.9. The number of allylic oxidation sites excluding steroid dienone is 4. The van der Waals surface area contributed by atoms with Gasteiger partial charge in [0, 0.05) is 47.0 Å². The van der Waals surface area contributed by atoms with Gasteiger partial charge >= 0.3 is 0 Å². The van der Waals surface area contributed by atoms with E-state index >= 15 is 0 Å². The highest BCUT2D eigenvalue weighted by Gasteiger charge is 2.46. The molecular formula is C29H31NO3. The summed E-state index contributed by atoms with van der Waals surface area (Å²) in [4.78, 5) is 29.4. The average molecular weight is 442 g/mol. The maximum Gasteiger partial charge on any atom is 0.162 e. The number of aryl methyl sites for hydroxylation is 1. The first-order chi connectivity index (χ1) is 15.8. The third kappa shape index (κ3) is 3.72. The molecule has 2 aromatic carbocycles. The molecule has 0 aromatic heterocycles. The molecule has 2 aliphatic carbocycles. The predicted octanol–water partition coefficient (Wildman–Crippen LogP) is 6.26. The molecule has 1 unspecified atom stereocenters. The predicted molar refractivity (Wildman–Crippen MR) is 130 cm³/mol. The van der Waals surface area contributed by atoms with Crippen LogP contribution in [-0.4, -0.2) is 18.7 Å². The second-order valence-corrected chi connectivity index (χ2v) is 10.3. The molecule has 1 aliphatic heterocycles. The summed E-state index contributed by atoms with van der Waals surface area (Å²) in [5, 5.41) is 0. The number of rotatable bonds is 3. The third-order valence-electron chi connectivity index (χ3n) is 7.18. The van der Waals surface area contributed by atoms with Gasteiger partial charge in [0.15, 0.2) is 11.6 Å². The van der Waals surface area contributed by atoms with E-state index in [1.54, 1.807) is 7.11 Å². The number of hydrogen-bond acceptors (Lipinski definition) is 4. The molecule has 0 fully saturated rings. The summed E-state index contributed by atoms with van der Waals surface area (Å²) in [7, 11) is 1.65. The van der Waals surface area contributed by atoms with Crippen LogP contribution >= 0.6 is 0 Å². The lowest BCUT2D eigenvalue weighted by Crippen LogP contribution is -2.42. The van der Waals surface area contributed by atoms with E-state index in [0.717, 1.165) is 58.8 Å². The number of anilines is 1. The summed E-state index contributed by atoms with van der Waals surface area (Å²) >= 11 is 0. The minimum absolute atomic E-state index is 0.125. The monoisotopic (exact) mass is 441 g/mol. The fourth-order valence-corrected chi connectivity index (χ4v) is 5.68. The summed E-state index contributed by atoms with van der Waals surface area (Å²) in [5.74, 6) is 0.784. The van der Waals surface area contributed by atoms with Crippen molar-refractivity contribution in [1.29, 1.82) is 0 Å². The average Bonchev–Trinajstić information content (AvgIpc) is 2.78. The van der Waals surface area contributed by atoms with Crippen molar-refractivity contribution in [2.45, 2.75) is 58.8 Å². The second kappa shape index (κ2) is 8.02. The van der Waals surface area contributed by atoms with Gasteiger partial charge in [0.2, 0.25) is 0 Å². The molecule has 170 valence electrons. The van der Waals surface area contributed by atoms with Crippen molar-refractivity contribution < 1.29 is 14.3 Å². The molecule has 2 aromatic rings. The molecular weight excluding hydrogens is 410 g/mol. The number of ketones is 2. The number of hydrogen-bond donors (Lipinski definition) is 0. The van der Waals surface area contributed by atoms with Crippen LogP contribution in [0.1, 0.15) is 63.0 Å². The number of ether oxygens (including phenoxy) is 1. The van der Waals surface area contributed by atoms with Crippen molar-refractivity contribution in [2.75, 3.05) is 12.0 Å². The van der Waals surface area contributed by atoms with Crippen LogP contribution in [0.4, 0.5) is 5.69 Å². The van der Waals surface area contributed by atoms with Crippen molar-refractivity contribution in [3.05, 3.63) is 82.2 Å². The lowest BCUT2D eigenvalue weighted by Gasteiger charge is -2.47. The van der Waals surface area contributed by atoms with Gasteiger partial charge in [-0.15, -0.1) is 0 Å². The zero-order valence-corrected chi connectivity index (χ0v) is 19.9. The quantitative estimate of drug-likeness (QED) is 0.564. The van der Waals surface area contributed by atoms with Gasteiger partial charge in [-0.25, -0.2) is 0 Å². The van der Waals surface area contributed by atoms with Crippen LogP contribution in [0.15, 0.2) is 71.1 Å². The topological polar surface area (TPSA) is 46.6 Å². The van der Waals surface area contributed by atoms with E-state index in [9.17, 15) is 9.59 Å².